The highest BCUT2D eigenvalue weighted by Gasteiger charge is 2.21. The first-order valence-corrected chi connectivity index (χ1v) is 10.3. The Morgan fingerprint density at radius 3 is 2.55 bits per heavy atom. The van der Waals surface area contributed by atoms with Gasteiger partial charge in [0.05, 0.1) is 25.4 Å². The fourth-order valence-electron chi connectivity index (χ4n) is 3.57. The van der Waals surface area contributed by atoms with E-state index in [0.717, 1.165) is 40.8 Å². The van der Waals surface area contributed by atoms with Gasteiger partial charge < -0.3 is 14.4 Å². The van der Waals surface area contributed by atoms with Crippen molar-refractivity contribution in [1.82, 2.24) is 9.97 Å². The van der Waals surface area contributed by atoms with Gasteiger partial charge in [0, 0.05) is 24.5 Å². The van der Waals surface area contributed by atoms with Gasteiger partial charge in [-0.05, 0) is 35.7 Å². The Labute approximate surface area is 168 Å². The number of aromatic nitrogens is 2. The van der Waals surface area contributed by atoms with Gasteiger partial charge in [-0.3, -0.25) is 9.27 Å². The van der Waals surface area contributed by atoms with E-state index < -0.39 is 10.3 Å². The second kappa shape index (κ2) is 7.37. The van der Waals surface area contributed by atoms with Crippen LogP contribution in [0.4, 0.5) is 11.5 Å². The van der Waals surface area contributed by atoms with Gasteiger partial charge in [0.1, 0.15) is 12.1 Å². The van der Waals surface area contributed by atoms with Crippen molar-refractivity contribution >= 4 is 32.7 Å². The lowest BCUT2D eigenvalue weighted by Crippen LogP contribution is -2.31. The van der Waals surface area contributed by atoms with E-state index in [1.165, 1.54) is 6.33 Å². The number of methoxy groups -OCH3 is 2. The van der Waals surface area contributed by atoms with Gasteiger partial charge in [0.15, 0.2) is 11.5 Å². The molecule has 0 saturated heterocycles. The molecule has 10 heteroatoms. The van der Waals surface area contributed by atoms with Gasteiger partial charge in [0.25, 0.3) is 0 Å². The van der Waals surface area contributed by atoms with Crippen molar-refractivity contribution in [2.24, 2.45) is 0 Å². The molecule has 29 heavy (non-hydrogen) atoms. The molecule has 2 heterocycles. The third kappa shape index (κ3) is 3.89. The van der Waals surface area contributed by atoms with Crippen LogP contribution in [0.2, 0.25) is 0 Å². The fourth-order valence-corrected chi connectivity index (χ4v) is 4.00. The van der Waals surface area contributed by atoms with Crippen molar-refractivity contribution in [3.05, 3.63) is 47.8 Å². The molecule has 0 unspecified atom stereocenters. The normalized spacial score (nSPS) is 13.8. The monoisotopic (exact) mass is 416 g/mol. The Kier molecular flexibility index (Phi) is 4.89. The molecular formula is C19H20N4O5S. The van der Waals surface area contributed by atoms with Crippen LogP contribution < -0.4 is 19.1 Å². The summed E-state index contributed by atoms with van der Waals surface area (Å²) >= 11 is 0. The summed E-state index contributed by atoms with van der Waals surface area (Å²) in [4.78, 5) is 10.9. The van der Waals surface area contributed by atoms with Crippen molar-refractivity contribution in [2.45, 2.75) is 13.0 Å². The lowest BCUT2D eigenvalue weighted by atomic mass is 9.99. The Hall–Kier alpha value is -3.11. The quantitative estimate of drug-likeness (QED) is 0.610. The maximum absolute atomic E-state index is 11.1. The van der Waals surface area contributed by atoms with E-state index in [9.17, 15) is 8.42 Å². The molecule has 1 aromatic heterocycles. The van der Waals surface area contributed by atoms with E-state index in [1.54, 1.807) is 26.4 Å². The van der Waals surface area contributed by atoms with Crippen LogP contribution in [0.3, 0.4) is 0 Å². The number of ether oxygens (including phenoxy) is 2. The van der Waals surface area contributed by atoms with E-state index in [-0.39, 0.29) is 0 Å². The smallest absolute Gasteiger partial charge is 0.357 e. The molecule has 0 fully saturated rings. The highest BCUT2D eigenvalue weighted by molar-refractivity contribution is 7.87. The number of anilines is 2. The second-order valence-corrected chi connectivity index (χ2v) is 7.81. The number of nitrogens with one attached hydrogen (secondary N) is 1. The van der Waals surface area contributed by atoms with E-state index in [4.69, 9.17) is 14.0 Å². The van der Waals surface area contributed by atoms with E-state index >= 15 is 0 Å². The molecule has 0 bridgehead atoms. The average molecular weight is 416 g/mol. The number of nitrogens with zero attached hydrogens (tertiary/aromatic N) is 3. The van der Waals surface area contributed by atoms with Crippen molar-refractivity contribution in [3.63, 3.8) is 0 Å². The molecule has 152 valence electrons. The Balaban J connectivity index is 1.72. The molecule has 0 atom stereocenters. The molecule has 0 amide bonds. The molecule has 0 saturated carbocycles. The molecule has 4 rings (SSSR count). The molecule has 0 aliphatic carbocycles. The minimum Gasteiger partial charge on any atom is -0.493 e. The van der Waals surface area contributed by atoms with Gasteiger partial charge in [-0.25, -0.2) is 9.97 Å². The van der Waals surface area contributed by atoms with Crippen LogP contribution in [0.25, 0.3) is 10.9 Å². The zero-order valence-corrected chi connectivity index (χ0v) is 16.7. The molecule has 1 aliphatic rings. The van der Waals surface area contributed by atoms with Crippen LogP contribution in [0.5, 0.6) is 11.5 Å². The molecule has 0 spiro atoms. The summed E-state index contributed by atoms with van der Waals surface area (Å²) in [6.45, 7) is 1.29. The number of hydrogen-bond acceptors (Lipinski definition) is 7. The predicted molar refractivity (Wildman–Crippen MR) is 109 cm³/mol. The molecule has 2 aromatic carbocycles. The highest BCUT2D eigenvalue weighted by Crippen LogP contribution is 2.36. The first-order valence-electron chi connectivity index (χ1n) is 8.86. The fraction of sp³-hybridized carbons (Fsp3) is 0.263. The van der Waals surface area contributed by atoms with Gasteiger partial charge in [0.2, 0.25) is 0 Å². The Bertz CT molecular complexity index is 1180. The summed E-state index contributed by atoms with van der Waals surface area (Å²) in [5.41, 5.74) is 3.13. The summed E-state index contributed by atoms with van der Waals surface area (Å²) < 4.78 is 44.1. The molecule has 1 aliphatic heterocycles. The minimum absolute atomic E-state index is 0.312. The van der Waals surface area contributed by atoms with Gasteiger partial charge in [-0.15, -0.1) is 0 Å². The second-order valence-electron chi connectivity index (χ2n) is 6.65. The van der Waals surface area contributed by atoms with Crippen molar-refractivity contribution < 1.29 is 22.4 Å². The summed E-state index contributed by atoms with van der Waals surface area (Å²) in [5.74, 6) is 1.94. The molecular weight excluding hydrogens is 396 g/mol. The average Bonchev–Trinajstić information content (AvgIpc) is 2.70. The van der Waals surface area contributed by atoms with Gasteiger partial charge >= 0.3 is 10.3 Å². The number of hydrogen-bond donors (Lipinski definition) is 2. The van der Waals surface area contributed by atoms with Crippen LogP contribution in [0.15, 0.2) is 36.7 Å². The van der Waals surface area contributed by atoms with Crippen molar-refractivity contribution in [2.75, 3.05) is 30.4 Å². The SMILES string of the molecule is COc1cc2ncnc(N3CCc4ccc(NS(=O)(=O)O)cc4C3)c2cc1OC. The first kappa shape index (κ1) is 19.2. The molecule has 9 nitrogen and oxygen atoms in total. The first-order chi connectivity index (χ1) is 13.9. The summed E-state index contributed by atoms with van der Waals surface area (Å²) in [6, 6.07) is 8.90. The van der Waals surface area contributed by atoms with Crippen molar-refractivity contribution in [1.29, 1.82) is 0 Å². The topological polar surface area (TPSA) is 114 Å². The lowest BCUT2D eigenvalue weighted by molar-refractivity contribution is 0.356. The van der Waals surface area contributed by atoms with E-state index in [0.29, 0.717) is 23.7 Å². The number of fused-ring (bicyclic) bond motifs is 2. The maximum Gasteiger partial charge on any atom is 0.357 e. The maximum atomic E-state index is 11.1. The summed E-state index contributed by atoms with van der Waals surface area (Å²) in [6.07, 6.45) is 2.29. The number of benzene rings is 2. The largest absolute Gasteiger partial charge is 0.493 e. The predicted octanol–water partition coefficient (Wildman–Crippen LogP) is 2.42. The number of rotatable bonds is 5. The van der Waals surface area contributed by atoms with Crippen molar-refractivity contribution in [3.8, 4) is 11.5 Å². The van der Waals surface area contributed by atoms with Crippen LogP contribution in [-0.4, -0.2) is 43.7 Å². The van der Waals surface area contributed by atoms with E-state index in [2.05, 4.69) is 19.6 Å². The Morgan fingerprint density at radius 1 is 1.07 bits per heavy atom. The van der Waals surface area contributed by atoms with Crippen LogP contribution >= 0.6 is 0 Å². The zero-order valence-electron chi connectivity index (χ0n) is 15.9. The van der Waals surface area contributed by atoms with Crippen LogP contribution in [0, 0.1) is 0 Å². The molecule has 0 radical (unpaired) electrons. The standard InChI is InChI=1S/C19H20N4O5S/c1-27-17-8-15-16(9-18(17)28-2)20-11-21-19(15)23-6-5-12-3-4-14(7-13(12)10-23)22-29(24,25)26/h3-4,7-9,11,22H,5-6,10H2,1-2H3,(H,24,25,26). The third-order valence-electron chi connectivity index (χ3n) is 4.88. The summed E-state index contributed by atoms with van der Waals surface area (Å²) in [7, 11) is -1.17. The van der Waals surface area contributed by atoms with E-state index in [1.807, 2.05) is 18.2 Å². The zero-order chi connectivity index (χ0) is 20.6. The lowest BCUT2D eigenvalue weighted by Gasteiger charge is -2.30. The van der Waals surface area contributed by atoms with Crippen LogP contribution in [0.1, 0.15) is 11.1 Å². The van der Waals surface area contributed by atoms with Gasteiger partial charge in [-0.2, -0.15) is 8.42 Å². The molecule has 3 aromatic rings. The minimum atomic E-state index is -4.32. The molecule has 2 N–H and O–H groups in total. The highest BCUT2D eigenvalue weighted by atomic mass is 32.2. The third-order valence-corrected chi connectivity index (χ3v) is 5.38. The van der Waals surface area contributed by atoms with Crippen LogP contribution in [-0.2, 0) is 23.3 Å². The van der Waals surface area contributed by atoms with Gasteiger partial charge in [-0.1, -0.05) is 6.07 Å². The Morgan fingerprint density at radius 2 is 1.83 bits per heavy atom. The summed E-state index contributed by atoms with van der Waals surface area (Å²) in [5, 5.41) is 0.834.